The van der Waals surface area contributed by atoms with Gasteiger partial charge in [0, 0.05) is 18.0 Å². The Balaban J connectivity index is 1.83. The minimum atomic E-state index is -0.0278. The third-order valence-electron chi connectivity index (χ3n) is 4.63. The minimum absolute atomic E-state index is 0.000334. The van der Waals surface area contributed by atoms with Crippen molar-refractivity contribution < 1.29 is 14.3 Å². The van der Waals surface area contributed by atoms with Gasteiger partial charge >= 0.3 is 0 Å². The Morgan fingerprint density at radius 3 is 2.78 bits per heavy atom. The van der Waals surface area contributed by atoms with Gasteiger partial charge in [0.2, 0.25) is 0 Å². The fraction of sp³-hybridized carbons (Fsp3) is 0.333. The number of amides is 1. The third-order valence-corrected chi connectivity index (χ3v) is 4.63. The summed E-state index contributed by atoms with van der Waals surface area (Å²) in [6.45, 7) is 0. The van der Waals surface area contributed by atoms with Crippen molar-refractivity contribution in [2.45, 2.75) is 25.3 Å². The van der Waals surface area contributed by atoms with Crippen LogP contribution < -0.4 is 9.47 Å². The van der Waals surface area contributed by atoms with Crippen LogP contribution in [0.5, 0.6) is 11.5 Å². The van der Waals surface area contributed by atoms with Crippen molar-refractivity contribution >= 4 is 17.8 Å². The van der Waals surface area contributed by atoms with Gasteiger partial charge in [-0.3, -0.25) is 14.7 Å². The second-order valence-corrected chi connectivity index (χ2v) is 5.88. The number of aliphatic imine (C=N–C) groups is 1. The number of carbonyl (C=O) groups is 1. The van der Waals surface area contributed by atoms with E-state index in [9.17, 15) is 4.79 Å². The van der Waals surface area contributed by atoms with E-state index in [1.165, 1.54) is 5.57 Å². The van der Waals surface area contributed by atoms with Gasteiger partial charge in [0.05, 0.1) is 31.5 Å². The smallest absolute Gasteiger partial charge is 0.261 e. The molecule has 3 aliphatic rings. The van der Waals surface area contributed by atoms with Crippen LogP contribution in [0.15, 0.2) is 40.5 Å². The molecule has 0 saturated carbocycles. The lowest BCUT2D eigenvalue weighted by Gasteiger charge is -2.23. The van der Waals surface area contributed by atoms with Crippen LogP contribution in [-0.4, -0.2) is 37.3 Å². The molecule has 0 spiro atoms. The molecule has 1 aromatic rings. The summed E-state index contributed by atoms with van der Waals surface area (Å²) in [6, 6.07) is 3.48. The van der Waals surface area contributed by atoms with Gasteiger partial charge in [0.15, 0.2) is 11.5 Å². The summed E-state index contributed by atoms with van der Waals surface area (Å²) < 4.78 is 10.6. The Bertz CT molecular complexity index is 777. The summed E-state index contributed by atoms with van der Waals surface area (Å²) in [5.41, 5.74) is 3.57. The van der Waals surface area contributed by atoms with Gasteiger partial charge in [-0.15, -0.1) is 0 Å². The van der Waals surface area contributed by atoms with Gasteiger partial charge in [-0.2, -0.15) is 0 Å². The summed E-state index contributed by atoms with van der Waals surface area (Å²) in [5.74, 6) is 1.09. The normalized spacial score (nSPS) is 21.7. The second kappa shape index (κ2) is 5.26. The van der Waals surface area contributed by atoms with Gasteiger partial charge in [0.25, 0.3) is 5.91 Å². The SMILES string of the molecule is COc1cc2c(cc1OC)C(=O)N1C3=C(CCC=C3)C[C@H]1C=N2. The molecule has 0 fully saturated rings. The average Bonchev–Trinajstić information content (AvgIpc) is 2.90. The number of benzene rings is 1. The van der Waals surface area contributed by atoms with Crippen LogP contribution in [0, 0.1) is 0 Å². The van der Waals surface area contributed by atoms with Crippen molar-refractivity contribution in [1.29, 1.82) is 0 Å². The van der Waals surface area contributed by atoms with Crippen molar-refractivity contribution in [3.8, 4) is 11.5 Å². The zero-order valence-electron chi connectivity index (χ0n) is 13.2. The number of fused-ring (bicyclic) bond motifs is 3. The maximum Gasteiger partial charge on any atom is 0.261 e. The summed E-state index contributed by atoms with van der Waals surface area (Å²) in [7, 11) is 3.15. The van der Waals surface area contributed by atoms with E-state index in [1.807, 2.05) is 11.1 Å². The second-order valence-electron chi connectivity index (χ2n) is 5.88. The first-order valence-corrected chi connectivity index (χ1v) is 7.75. The lowest BCUT2D eigenvalue weighted by molar-refractivity contribution is 0.0806. The molecule has 4 rings (SSSR count). The third kappa shape index (κ3) is 2.07. The average molecular weight is 310 g/mol. The number of hydrogen-bond acceptors (Lipinski definition) is 4. The van der Waals surface area contributed by atoms with Crippen molar-refractivity contribution in [3.63, 3.8) is 0 Å². The van der Waals surface area contributed by atoms with Gasteiger partial charge < -0.3 is 9.47 Å². The first-order valence-electron chi connectivity index (χ1n) is 7.75. The van der Waals surface area contributed by atoms with E-state index < -0.39 is 0 Å². The lowest BCUT2D eigenvalue weighted by Crippen LogP contribution is -2.35. The Morgan fingerprint density at radius 1 is 1.22 bits per heavy atom. The van der Waals surface area contributed by atoms with Crippen LogP contribution in [0.1, 0.15) is 29.6 Å². The van der Waals surface area contributed by atoms with Crippen molar-refractivity contribution in [2.75, 3.05) is 14.2 Å². The molecule has 2 aliphatic heterocycles. The van der Waals surface area contributed by atoms with Crippen LogP contribution in [0.3, 0.4) is 0 Å². The lowest BCUT2D eigenvalue weighted by atomic mass is 10.0. The van der Waals surface area contributed by atoms with Crippen LogP contribution >= 0.6 is 0 Å². The molecule has 1 atom stereocenters. The first-order chi connectivity index (χ1) is 11.2. The zero-order chi connectivity index (χ0) is 16.0. The Hall–Kier alpha value is -2.56. The first kappa shape index (κ1) is 14.1. The Kier molecular flexibility index (Phi) is 3.22. The highest BCUT2D eigenvalue weighted by Gasteiger charge is 2.37. The number of rotatable bonds is 2. The molecule has 1 aromatic carbocycles. The molecule has 5 nitrogen and oxygen atoms in total. The zero-order valence-corrected chi connectivity index (χ0v) is 13.2. The molecule has 118 valence electrons. The molecule has 0 unspecified atom stereocenters. The number of ether oxygens (including phenoxy) is 2. The Morgan fingerprint density at radius 2 is 2.00 bits per heavy atom. The molecule has 0 bridgehead atoms. The van der Waals surface area contributed by atoms with Crippen molar-refractivity contribution in [2.24, 2.45) is 4.99 Å². The largest absolute Gasteiger partial charge is 0.493 e. The topological polar surface area (TPSA) is 51.1 Å². The molecule has 1 amide bonds. The number of nitrogens with zero attached hydrogens (tertiary/aromatic N) is 2. The molecular weight excluding hydrogens is 292 g/mol. The van der Waals surface area contributed by atoms with Gasteiger partial charge in [-0.1, -0.05) is 6.08 Å². The van der Waals surface area contributed by atoms with E-state index in [2.05, 4.69) is 17.1 Å². The predicted octanol–water partition coefficient (Wildman–Crippen LogP) is 3.24. The van der Waals surface area contributed by atoms with Crippen LogP contribution in [0.25, 0.3) is 0 Å². The summed E-state index contributed by atoms with van der Waals surface area (Å²) in [4.78, 5) is 19.5. The van der Waals surface area contributed by atoms with E-state index in [0.29, 0.717) is 22.7 Å². The van der Waals surface area contributed by atoms with E-state index in [0.717, 1.165) is 25.0 Å². The van der Waals surface area contributed by atoms with Gasteiger partial charge in [-0.25, -0.2) is 0 Å². The molecule has 2 heterocycles. The van der Waals surface area contributed by atoms with Crippen LogP contribution in [-0.2, 0) is 0 Å². The predicted molar refractivity (Wildman–Crippen MR) is 87.7 cm³/mol. The highest BCUT2D eigenvalue weighted by atomic mass is 16.5. The molecule has 0 radical (unpaired) electrons. The van der Waals surface area contributed by atoms with Crippen LogP contribution in [0.2, 0.25) is 0 Å². The minimum Gasteiger partial charge on any atom is -0.493 e. The summed E-state index contributed by atoms with van der Waals surface area (Å²) >= 11 is 0. The maximum atomic E-state index is 13.1. The molecule has 0 aromatic heterocycles. The molecule has 1 aliphatic carbocycles. The molecule has 0 saturated heterocycles. The number of hydrogen-bond donors (Lipinski definition) is 0. The van der Waals surface area contributed by atoms with Crippen LogP contribution in [0.4, 0.5) is 5.69 Å². The molecule has 5 heteroatoms. The number of methoxy groups -OCH3 is 2. The molecule has 23 heavy (non-hydrogen) atoms. The molecular formula is C18H18N2O3. The monoisotopic (exact) mass is 310 g/mol. The van der Waals surface area contributed by atoms with E-state index >= 15 is 0 Å². The van der Waals surface area contributed by atoms with Crippen molar-refractivity contribution in [1.82, 2.24) is 4.90 Å². The van der Waals surface area contributed by atoms with Gasteiger partial charge in [-0.05, 0) is 37.0 Å². The van der Waals surface area contributed by atoms with Crippen molar-refractivity contribution in [3.05, 3.63) is 41.1 Å². The molecule has 0 N–H and O–H groups in total. The van der Waals surface area contributed by atoms with E-state index in [4.69, 9.17) is 9.47 Å². The summed E-state index contributed by atoms with van der Waals surface area (Å²) in [5, 5.41) is 0. The van der Waals surface area contributed by atoms with E-state index in [1.54, 1.807) is 26.4 Å². The fourth-order valence-electron chi connectivity index (χ4n) is 3.50. The quantitative estimate of drug-likeness (QED) is 0.842. The highest BCUT2D eigenvalue weighted by molar-refractivity contribution is 6.05. The highest BCUT2D eigenvalue weighted by Crippen LogP contribution is 2.41. The number of carbonyl (C=O) groups excluding carboxylic acids is 1. The fourth-order valence-corrected chi connectivity index (χ4v) is 3.50. The Labute approximate surface area is 134 Å². The van der Waals surface area contributed by atoms with E-state index in [-0.39, 0.29) is 11.9 Å². The maximum absolute atomic E-state index is 13.1. The number of allylic oxidation sites excluding steroid dienone is 2. The summed E-state index contributed by atoms with van der Waals surface area (Å²) in [6.07, 6.45) is 9.02. The standard InChI is InChI=1S/C18H18N2O3/c1-22-16-8-13-14(9-17(16)23-2)19-10-12-7-11-5-3-4-6-15(11)20(12)18(13)21/h4,6,8-10,12H,3,5,7H2,1-2H3/t12-/m0/s1. The van der Waals surface area contributed by atoms with Gasteiger partial charge in [0.1, 0.15) is 0 Å².